The summed E-state index contributed by atoms with van der Waals surface area (Å²) in [4.78, 5) is 32.5. The molecular weight excluding hydrogens is 416 g/mol. The fourth-order valence-electron chi connectivity index (χ4n) is 3.74. The number of hydrogen-bond acceptors (Lipinski definition) is 5. The van der Waals surface area contributed by atoms with Gasteiger partial charge in [0.05, 0.1) is 16.9 Å². The zero-order valence-electron chi connectivity index (χ0n) is 18.6. The quantitative estimate of drug-likeness (QED) is 0.397. The lowest BCUT2D eigenvalue weighted by Gasteiger charge is -2.15. The molecule has 33 heavy (non-hydrogen) atoms. The summed E-state index contributed by atoms with van der Waals surface area (Å²) in [6, 6.07) is 17.1. The third kappa shape index (κ3) is 4.57. The summed E-state index contributed by atoms with van der Waals surface area (Å²) in [5, 5.41) is 3.34. The van der Waals surface area contributed by atoms with E-state index < -0.39 is 11.5 Å². The van der Waals surface area contributed by atoms with Gasteiger partial charge in [-0.1, -0.05) is 37.3 Å². The van der Waals surface area contributed by atoms with Crippen molar-refractivity contribution in [1.82, 2.24) is 15.3 Å². The standard InChI is InChI=1S/C26H26N4O3/c1-3-12-29-25(31)22-23(27)20-9-6-8-19(24(20)30-26(22)32)21-14-18(11-10-16(21)2)33-15-17-7-4-5-13-28-17/h4-11,13-14H,3,12,15H2,1-2H3,(H,29,31)(H3,27,30,32). The second kappa shape index (κ2) is 9.56. The number of pyridine rings is 2. The second-order valence-corrected chi connectivity index (χ2v) is 7.81. The summed E-state index contributed by atoms with van der Waals surface area (Å²) in [5.41, 5.74) is 10.0. The molecule has 7 nitrogen and oxygen atoms in total. The van der Waals surface area contributed by atoms with Crippen molar-refractivity contribution in [1.29, 1.82) is 0 Å². The van der Waals surface area contributed by atoms with Crippen LogP contribution in [-0.4, -0.2) is 22.4 Å². The predicted molar refractivity (Wildman–Crippen MR) is 130 cm³/mol. The van der Waals surface area contributed by atoms with Gasteiger partial charge in [0, 0.05) is 23.7 Å². The Hall–Kier alpha value is -4.13. The number of ether oxygens (including phenoxy) is 1. The summed E-state index contributed by atoms with van der Waals surface area (Å²) in [7, 11) is 0. The van der Waals surface area contributed by atoms with Gasteiger partial charge in [-0.25, -0.2) is 0 Å². The molecule has 0 aliphatic carbocycles. The molecule has 0 bridgehead atoms. The van der Waals surface area contributed by atoms with Crippen LogP contribution in [0.1, 0.15) is 35.0 Å². The van der Waals surface area contributed by atoms with Crippen molar-refractivity contribution in [3.8, 4) is 16.9 Å². The third-order valence-electron chi connectivity index (χ3n) is 5.46. The van der Waals surface area contributed by atoms with Crippen molar-refractivity contribution in [2.24, 2.45) is 0 Å². The van der Waals surface area contributed by atoms with Crippen LogP contribution < -0.4 is 21.3 Å². The van der Waals surface area contributed by atoms with Gasteiger partial charge in [0.2, 0.25) is 0 Å². The Kier molecular flexibility index (Phi) is 6.40. The van der Waals surface area contributed by atoms with E-state index >= 15 is 0 Å². The number of rotatable bonds is 7. The lowest BCUT2D eigenvalue weighted by atomic mass is 9.96. The fourth-order valence-corrected chi connectivity index (χ4v) is 3.74. The molecule has 7 heteroatoms. The van der Waals surface area contributed by atoms with Crippen LogP contribution in [0.5, 0.6) is 5.75 Å². The minimum Gasteiger partial charge on any atom is -0.487 e. The summed E-state index contributed by atoms with van der Waals surface area (Å²) >= 11 is 0. The minimum atomic E-state index is -0.513. The van der Waals surface area contributed by atoms with E-state index in [0.29, 0.717) is 29.8 Å². The number of aryl methyl sites for hydroxylation is 1. The lowest BCUT2D eigenvalue weighted by molar-refractivity contribution is 0.0953. The zero-order chi connectivity index (χ0) is 23.4. The molecular formula is C26H26N4O3. The number of H-pyrrole nitrogens is 1. The molecule has 0 saturated heterocycles. The number of nitrogens with two attached hydrogens (primary N) is 1. The highest BCUT2D eigenvalue weighted by Gasteiger charge is 2.19. The molecule has 4 aromatic rings. The summed E-state index contributed by atoms with van der Waals surface area (Å²) in [5.74, 6) is 0.216. The van der Waals surface area contributed by atoms with E-state index in [4.69, 9.17) is 10.5 Å². The number of para-hydroxylation sites is 1. The third-order valence-corrected chi connectivity index (χ3v) is 5.46. The Morgan fingerprint density at radius 3 is 2.73 bits per heavy atom. The van der Waals surface area contributed by atoms with Crippen molar-refractivity contribution >= 4 is 22.5 Å². The average Bonchev–Trinajstić information content (AvgIpc) is 2.82. The Labute approximate surface area is 191 Å². The fraction of sp³-hybridized carbons (Fsp3) is 0.192. The maximum absolute atomic E-state index is 12.8. The van der Waals surface area contributed by atoms with Crippen LogP contribution in [0, 0.1) is 6.92 Å². The van der Waals surface area contributed by atoms with Crippen LogP contribution in [0.25, 0.3) is 22.0 Å². The first-order valence-corrected chi connectivity index (χ1v) is 10.9. The normalized spacial score (nSPS) is 10.8. The number of benzene rings is 2. The Morgan fingerprint density at radius 2 is 1.97 bits per heavy atom. The number of hydrogen-bond donors (Lipinski definition) is 3. The number of anilines is 1. The number of nitrogens with zero attached hydrogens (tertiary/aromatic N) is 1. The van der Waals surface area contributed by atoms with Crippen LogP contribution in [0.4, 0.5) is 5.69 Å². The lowest BCUT2D eigenvalue weighted by Crippen LogP contribution is -2.31. The van der Waals surface area contributed by atoms with Gasteiger partial charge in [-0.2, -0.15) is 0 Å². The highest BCUT2D eigenvalue weighted by atomic mass is 16.5. The smallest absolute Gasteiger partial charge is 0.263 e. The van der Waals surface area contributed by atoms with E-state index in [9.17, 15) is 9.59 Å². The van der Waals surface area contributed by atoms with E-state index in [1.807, 2.05) is 62.4 Å². The molecule has 4 N–H and O–H groups in total. The van der Waals surface area contributed by atoms with E-state index in [0.717, 1.165) is 28.8 Å². The van der Waals surface area contributed by atoms with E-state index in [1.54, 1.807) is 12.3 Å². The summed E-state index contributed by atoms with van der Waals surface area (Å²) in [6.45, 7) is 4.75. The molecule has 0 fully saturated rings. The highest BCUT2D eigenvalue weighted by molar-refractivity contribution is 6.09. The van der Waals surface area contributed by atoms with E-state index in [-0.39, 0.29) is 11.3 Å². The molecule has 0 saturated carbocycles. The molecule has 168 valence electrons. The molecule has 0 radical (unpaired) electrons. The largest absolute Gasteiger partial charge is 0.487 e. The average molecular weight is 443 g/mol. The summed E-state index contributed by atoms with van der Waals surface area (Å²) < 4.78 is 5.94. The zero-order valence-corrected chi connectivity index (χ0v) is 18.6. The van der Waals surface area contributed by atoms with Crippen molar-refractivity contribution < 1.29 is 9.53 Å². The molecule has 0 unspecified atom stereocenters. The molecule has 0 aliphatic heterocycles. The van der Waals surface area contributed by atoms with E-state index in [2.05, 4.69) is 15.3 Å². The van der Waals surface area contributed by atoms with Crippen LogP contribution in [0.15, 0.2) is 65.6 Å². The SMILES string of the molecule is CCCNC(=O)c1c(N)c2cccc(-c3cc(OCc4ccccn4)ccc3C)c2[nH]c1=O. The number of aromatic nitrogens is 2. The second-order valence-electron chi connectivity index (χ2n) is 7.81. The molecule has 2 heterocycles. The topological polar surface area (TPSA) is 110 Å². The number of carbonyl (C=O) groups is 1. The van der Waals surface area contributed by atoms with Crippen LogP contribution in [0.3, 0.4) is 0 Å². The van der Waals surface area contributed by atoms with Gasteiger partial charge in [-0.15, -0.1) is 0 Å². The maximum atomic E-state index is 12.8. The number of nitrogen functional groups attached to an aromatic ring is 1. The van der Waals surface area contributed by atoms with Gasteiger partial charge >= 0.3 is 0 Å². The molecule has 1 amide bonds. The van der Waals surface area contributed by atoms with Crippen molar-refractivity contribution in [2.45, 2.75) is 26.9 Å². The van der Waals surface area contributed by atoms with Crippen molar-refractivity contribution in [3.63, 3.8) is 0 Å². The van der Waals surface area contributed by atoms with Crippen LogP contribution in [-0.2, 0) is 6.61 Å². The monoisotopic (exact) mass is 442 g/mol. The van der Waals surface area contributed by atoms with E-state index in [1.165, 1.54) is 0 Å². The van der Waals surface area contributed by atoms with Gasteiger partial charge in [-0.05, 0) is 48.7 Å². The van der Waals surface area contributed by atoms with Gasteiger partial charge < -0.3 is 20.8 Å². The van der Waals surface area contributed by atoms with Crippen molar-refractivity contribution in [3.05, 3.63) is 88.0 Å². The van der Waals surface area contributed by atoms with Gasteiger partial charge in [0.1, 0.15) is 17.9 Å². The predicted octanol–water partition coefficient (Wildman–Crippen LogP) is 4.20. The number of fused-ring (bicyclic) bond motifs is 1. The van der Waals surface area contributed by atoms with Gasteiger partial charge in [0.25, 0.3) is 11.5 Å². The molecule has 2 aromatic heterocycles. The summed E-state index contributed by atoms with van der Waals surface area (Å²) in [6.07, 6.45) is 2.49. The number of nitrogens with one attached hydrogen (secondary N) is 2. The molecule has 0 atom stereocenters. The molecule has 0 spiro atoms. The maximum Gasteiger partial charge on any atom is 0.263 e. The van der Waals surface area contributed by atoms with Crippen molar-refractivity contribution in [2.75, 3.05) is 12.3 Å². The Bertz CT molecular complexity index is 1360. The first kappa shape index (κ1) is 22.1. The highest BCUT2D eigenvalue weighted by Crippen LogP contribution is 2.34. The molecule has 0 aliphatic rings. The number of amides is 1. The number of aromatic amines is 1. The van der Waals surface area contributed by atoms with Gasteiger partial charge in [0.15, 0.2) is 0 Å². The first-order valence-electron chi connectivity index (χ1n) is 10.9. The minimum absolute atomic E-state index is 0.0581. The Balaban J connectivity index is 1.75. The van der Waals surface area contributed by atoms with Crippen LogP contribution >= 0.6 is 0 Å². The molecule has 4 rings (SSSR count). The Morgan fingerprint density at radius 1 is 1.12 bits per heavy atom. The first-order chi connectivity index (χ1) is 16.0. The van der Waals surface area contributed by atoms with Crippen LogP contribution in [0.2, 0.25) is 0 Å². The van der Waals surface area contributed by atoms with Gasteiger partial charge in [-0.3, -0.25) is 14.6 Å². The number of carbonyl (C=O) groups excluding carboxylic acids is 1. The molecule has 2 aromatic carbocycles.